The van der Waals surface area contributed by atoms with Gasteiger partial charge in [-0.1, -0.05) is 6.92 Å². The van der Waals surface area contributed by atoms with Gasteiger partial charge in [0.1, 0.15) is 0 Å². The number of azo groups is 1. The Morgan fingerprint density at radius 2 is 2.27 bits per heavy atom. The Morgan fingerprint density at radius 3 is 3.18 bits per heavy atom. The first-order valence-electron chi connectivity index (χ1n) is 4.44. The number of allylic oxidation sites excluding steroid dienone is 1. The minimum atomic E-state index is 0.825. The smallest absolute Gasteiger partial charge is 0.0641 e. The number of nitrogens with zero attached hydrogens (tertiary/aromatic N) is 2. The van der Waals surface area contributed by atoms with Crippen molar-refractivity contribution in [2.45, 2.75) is 32.6 Å². The fourth-order valence-corrected chi connectivity index (χ4v) is 1.84. The minimum Gasteiger partial charge on any atom is -0.189 e. The van der Waals surface area contributed by atoms with E-state index in [0.29, 0.717) is 0 Å². The summed E-state index contributed by atoms with van der Waals surface area (Å²) in [6.07, 6.45) is 4.97. The summed E-state index contributed by atoms with van der Waals surface area (Å²) in [6, 6.07) is 0. The standard InChI is InChI=1S/C9H14N2/c1-7-2-3-8-4-5-10-11-9(8)6-7/h7H,2-6H2,1H3. The highest BCUT2D eigenvalue weighted by Gasteiger charge is 2.19. The van der Waals surface area contributed by atoms with Crippen molar-refractivity contribution in [3.8, 4) is 0 Å². The predicted molar refractivity (Wildman–Crippen MR) is 44.4 cm³/mol. The summed E-state index contributed by atoms with van der Waals surface area (Å²) >= 11 is 0. The highest BCUT2D eigenvalue weighted by Crippen LogP contribution is 2.33. The highest BCUT2D eigenvalue weighted by molar-refractivity contribution is 5.18. The molecule has 2 aliphatic rings. The molecule has 1 aliphatic carbocycles. The van der Waals surface area contributed by atoms with Crippen LogP contribution in [-0.2, 0) is 0 Å². The molecule has 2 rings (SSSR count). The van der Waals surface area contributed by atoms with Crippen molar-refractivity contribution >= 4 is 0 Å². The van der Waals surface area contributed by atoms with Crippen LogP contribution >= 0.6 is 0 Å². The molecule has 0 bridgehead atoms. The van der Waals surface area contributed by atoms with E-state index in [4.69, 9.17) is 0 Å². The van der Waals surface area contributed by atoms with Crippen LogP contribution in [0.2, 0.25) is 0 Å². The van der Waals surface area contributed by atoms with Crippen LogP contribution < -0.4 is 0 Å². The van der Waals surface area contributed by atoms with Crippen molar-refractivity contribution in [2.24, 2.45) is 16.1 Å². The third kappa shape index (κ3) is 1.35. The molecule has 1 unspecified atom stereocenters. The van der Waals surface area contributed by atoms with Gasteiger partial charge in [0.2, 0.25) is 0 Å². The summed E-state index contributed by atoms with van der Waals surface area (Å²) < 4.78 is 0. The third-order valence-corrected chi connectivity index (χ3v) is 2.59. The molecular weight excluding hydrogens is 136 g/mol. The van der Waals surface area contributed by atoms with Gasteiger partial charge in [0.25, 0.3) is 0 Å². The molecule has 0 amide bonds. The van der Waals surface area contributed by atoms with Gasteiger partial charge >= 0.3 is 0 Å². The summed E-state index contributed by atoms with van der Waals surface area (Å²) in [7, 11) is 0. The van der Waals surface area contributed by atoms with Gasteiger partial charge in [-0.2, -0.15) is 10.2 Å². The Labute approximate surface area is 67.4 Å². The van der Waals surface area contributed by atoms with Gasteiger partial charge in [0.05, 0.1) is 12.2 Å². The molecule has 0 aromatic heterocycles. The van der Waals surface area contributed by atoms with Crippen LogP contribution in [-0.4, -0.2) is 6.54 Å². The molecule has 60 valence electrons. The molecule has 0 spiro atoms. The van der Waals surface area contributed by atoms with E-state index in [0.717, 1.165) is 12.5 Å². The van der Waals surface area contributed by atoms with E-state index in [1.807, 2.05) is 0 Å². The van der Waals surface area contributed by atoms with E-state index >= 15 is 0 Å². The molecule has 0 aromatic rings. The Hall–Kier alpha value is -0.660. The lowest BCUT2D eigenvalue weighted by atomic mass is 9.87. The van der Waals surface area contributed by atoms with Crippen LogP contribution in [0.1, 0.15) is 32.6 Å². The fraction of sp³-hybridized carbons (Fsp3) is 0.778. The molecule has 0 fully saturated rings. The maximum Gasteiger partial charge on any atom is 0.0641 e. The Morgan fingerprint density at radius 1 is 1.36 bits per heavy atom. The average Bonchev–Trinajstić information content (AvgIpc) is 2.04. The first-order chi connectivity index (χ1) is 5.36. The van der Waals surface area contributed by atoms with Crippen molar-refractivity contribution in [2.75, 3.05) is 6.54 Å². The Balaban J connectivity index is 2.19. The van der Waals surface area contributed by atoms with Crippen molar-refractivity contribution in [3.05, 3.63) is 11.3 Å². The topological polar surface area (TPSA) is 24.7 Å². The summed E-state index contributed by atoms with van der Waals surface area (Å²) in [5.41, 5.74) is 2.88. The second-order valence-electron chi connectivity index (χ2n) is 3.61. The molecular formula is C9H14N2. The van der Waals surface area contributed by atoms with Crippen LogP contribution in [0.3, 0.4) is 0 Å². The van der Waals surface area contributed by atoms with Gasteiger partial charge in [-0.25, -0.2) is 0 Å². The molecule has 1 heterocycles. The van der Waals surface area contributed by atoms with Gasteiger partial charge in [-0.15, -0.1) is 0 Å². The summed E-state index contributed by atoms with van der Waals surface area (Å²) in [5.74, 6) is 0.825. The minimum absolute atomic E-state index is 0.825. The lowest BCUT2D eigenvalue weighted by Gasteiger charge is -2.23. The molecule has 0 aromatic carbocycles. The van der Waals surface area contributed by atoms with Crippen LogP contribution in [0.15, 0.2) is 21.5 Å². The number of hydrogen-bond donors (Lipinski definition) is 0. The molecule has 2 nitrogen and oxygen atoms in total. The Kier molecular flexibility index (Phi) is 1.76. The van der Waals surface area contributed by atoms with E-state index in [1.165, 1.54) is 31.4 Å². The van der Waals surface area contributed by atoms with E-state index in [-0.39, 0.29) is 0 Å². The van der Waals surface area contributed by atoms with Gasteiger partial charge in [0, 0.05) is 0 Å². The molecule has 0 saturated heterocycles. The van der Waals surface area contributed by atoms with Crippen molar-refractivity contribution in [1.29, 1.82) is 0 Å². The third-order valence-electron chi connectivity index (χ3n) is 2.59. The van der Waals surface area contributed by atoms with Gasteiger partial charge in [0.15, 0.2) is 0 Å². The zero-order chi connectivity index (χ0) is 7.68. The predicted octanol–water partition coefficient (Wildman–Crippen LogP) is 2.92. The molecule has 0 N–H and O–H groups in total. The van der Waals surface area contributed by atoms with Crippen LogP contribution in [0.5, 0.6) is 0 Å². The van der Waals surface area contributed by atoms with Crippen LogP contribution in [0, 0.1) is 5.92 Å². The SMILES string of the molecule is CC1CCC2=C(C1)N=NCC2. The first kappa shape index (κ1) is 7.01. The molecule has 2 heteroatoms. The van der Waals surface area contributed by atoms with E-state index in [9.17, 15) is 0 Å². The zero-order valence-electron chi connectivity index (χ0n) is 7.01. The summed E-state index contributed by atoms with van der Waals surface area (Å²) in [4.78, 5) is 0. The quantitative estimate of drug-likeness (QED) is 0.507. The van der Waals surface area contributed by atoms with E-state index in [2.05, 4.69) is 17.2 Å². The number of hydrogen-bond acceptors (Lipinski definition) is 2. The lowest BCUT2D eigenvalue weighted by Crippen LogP contribution is -2.09. The maximum absolute atomic E-state index is 4.21. The molecule has 0 saturated carbocycles. The second-order valence-corrected chi connectivity index (χ2v) is 3.61. The van der Waals surface area contributed by atoms with Crippen molar-refractivity contribution in [1.82, 2.24) is 0 Å². The fourth-order valence-electron chi connectivity index (χ4n) is 1.84. The zero-order valence-corrected chi connectivity index (χ0v) is 7.01. The van der Waals surface area contributed by atoms with Crippen molar-refractivity contribution < 1.29 is 0 Å². The second kappa shape index (κ2) is 2.76. The van der Waals surface area contributed by atoms with Crippen LogP contribution in [0.4, 0.5) is 0 Å². The monoisotopic (exact) mass is 150 g/mol. The average molecular weight is 150 g/mol. The van der Waals surface area contributed by atoms with Gasteiger partial charge < -0.3 is 0 Å². The van der Waals surface area contributed by atoms with Gasteiger partial charge in [-0.05, 0) is 37.2 Å². The molecule has 11 heavy (non-hydrogen) atoms. The summed E-state index contributed by atoms with van der Waals surface area (Å²) in [6.45, 7) is 3.22. The van der Waals surface area contributed by atoms with E-state index < -0.39 is 0 Å². The van der Waals surface area contributed by atoms with E-state index in [1.54, 1.807) is 5.57 Å². The Bertz CT molecular complexity index is 216. The first-order valence-corrected chi connectivity index (χ1v) is 4.44. The number of rotatable bonds is 0. The molecule has 1 aliphatic heterocycles. The maximum atomic E-state index is 4.21. The van der Waals surface area contributed by atoms with Crippen LogP contribution in [0.25, 0.3) is 0 Å². The highest BCUT2D eigenvalue weighted by atomic mass is 15.1. The molecule has 1 atom stereocenters. The normalized spacial score (nSPS) is 30.5. The summed E-state index contributed by atoms with van der Waals surface area (Å²) in [5, 5.41) is 8.27. The lowest BCUT2D eigenvalue weighted by molar-refractivity contribution is 0.473. The van der Waals surface area contributed by atoms with Crippen molar-refractivity contribution in [3.63, 3.8) is 0 Å². The van der Waals surface area contributed by atoms with Gasteiger partial charge in [-0.3, -0.25) is 0 Å². The largest absolute Gasteiger partial charge is 0.189 e. The molecule has 0 radical (unpaired) electrons.